The largest absolute Gasteiger partial charge is 0.393 e. The van der Waals surface area contributed by atoms with Crippen LogP contribution in [0.5, 0.6) is 0 Å². The number of nitrogens with zero attached hydrogens (tertiary/aromatic N) is 1. The van der Waals surface area contributed by atoms with E-state index in [1.54, 1.807) is 0 Å². The van der Waals surface area contributed by atoms with Crippen molar-refractivity contribution in [1.29, 1.82) is 0 Å². The number of nitrogens with one attached hydrogen (secondary N) is 1. The van der Waals surface area contributed by atoms with Crippen molar-refractivity contribution in [3.05, 3.63) is 35.4 Å². The lowest BCUT2D eigenvalue weighted by Gasteiger charge is -2.34. The molecule has 0 saturated carbocycles. The van der Waals surface area contributed by atoms with E-state index in [4.69, 9.17) is 0 Å². The highest BCUT2D eigenvalue weighted by atomic mass is 35.5. The Balaban J connectivity index is 0.00000156. The molecule has 0 amide bonds. The maximum absolute atomic E-state index is 13.0. The Morgan fingerprint density at radius 2 is 1.72 bits per heavy atom. The van der Waals surface area contributed by atoms with Gasteiger partial charge in [-0.25, -0.2) is 0 Å². The van der Waals surface area contributed by atoms with Crippen LogP contribution < -0.4 is 5.32 Å². The number of alkyl halides is 3. The number of benzene rings is 1. The molecule has 2 nitrogen and oxygen atoms in total. The van der Waals surface area contributed by atoms with Gasteiger partial charge in [0, 0.05) is 13.1 Å². The van der Waals surface area contributed by atoms with Crippen LogP contribution in [0, 0.1) is 5.92 Å². The van der Waals surface area contributed by atoms with Crippen molar-refractivity contribution in [1.82, 2.24) is 10.2 Å². The first-order chi connectivity index (χ1) is 11.0. The molecule has 7 heteroatoms. The normalized spacial score (nSPS) is 22.8. The summed E-state index contributed by atoms with van der Waals surface area (Å²) in [5.74, 6) is -0.627. The predicted octanol–water partition coefficient (Wildman–Crippen LogP) is 4.77. The Morgan fingerprint density at radius 1 is 1.04 bits per heavy atom. The maximum Gasteiger partial charge on any atom is 0.393 e. The van der Waals surface area contributed by atoms with Crippen LogP contribution in [0.1, 0.15) is 42.7 Å². The van der Waals surface area contributed by atoms with E-state index in [0.717, 1.165) is 32.5 Å². The second-order valence-electron chi connectivity index (χ2n) is 6.84. The van der Waals surface area contributed by atoms with Crippen molar-refractivity contribution in [2.75, 3.05) is 26.2 Å². The fourth-order valence-corrected chi connectivity index (χ4v) is 3.92. The van der Waals surface area contributed by atoms with Gasteiger partial charge in [0.25, 0.3) is 0 Å². The lowest BCUT2D eigenvalue weighted by Crippen LogP contribution is -2.41. The summed E-state index contributed by atoms with van der Waals surface area (Å²) in [5.41, 5.74) is 2.55. The molecule has 1 N–H and O–H groups in total. The summed E-state index contributed by atoms with van der Waals surface area (Å²) in [5, 5.41) is 3.37. The van der Waals surface area contributed by atoms with Crippen LogP contribution in [0.15, 0.2) is 24.3 Å². The number of likely N-dealkylation sites (tertiary alicyclic amines) is 1. The summed E-state index contributed by atoms with van der Waals surface area (Å²) in [6.07, 6.45) is -0.923. The molecule has 2 aliphatic rings. The molecule has 1 unspecified atom stereocenters. The minimum atomic E-state index is -4.06. The molecule has 2 saturated heterocycles. The number of rotatable bonds is 3. The second kappa shape index (κ2) is 10.0. The van der Waals surface area contributed by atoms with Gasteiger partial charge in [0.2, 0.25) is 0 Å². The van der Waals surface area contributed by atoms with Crippen LogP contribution in [0.2, 0.25) is 0 Å². The average Bonchev–Trinajstić information content (AvgIpc) is 2.56. The first-order valence-corrected chi connectivity index (χ1v) is 8.61. The summed E-state index contributed by atoms with van der Waals surface area (Å²) >= 11 is 0. The van der Waals surface area contributed by atoms with Crippen LogP contribution in [0.25, 0.3) is 0 Å². The Kier molecular flexibility index (Phi) is 9.02. The number of piperidine rings is 2. The smallest absolute Gasteiger partial charge is 0.317 e. The third-order valence-electron chi connectivity index (χ3n) is 5.20. The van der Waals surface area contributed by atoms with E-state index in [1.807, 2.05) is 11.0 Å². The molecular formula is C18H27Cl2F3N2. The molecule has 2 heterocycles. The SMILES string of the molecule is Cl.Cl.FC(F)(F)C1CCCN(Cc2ccccc2C2CCNCC2)C1. The molecule has 2 fully saturated rings. The lowest BCUT2D eigenvalue weighted by atomic mass is 9.86. The predicted molar refractivity (Wildman–Crippen MR) is 99.8 cm³/mol. The number of hydrogen-bond donors (Lipinski definition) is 1. The Bertz CT molecular complexity index is 519. The van der Waals surface area contributed by atoms with Crippen LogP contribution in [0.4, 0.5) is 13.2 Å². The molecule has 0 aromatic heterocycles. The van der Waals surface area contributed by atoms with Gasteiger partial charge in [-0.15, -0.1) is 24.8 Å². The van der Waals surface area contributed by atoms with Crippen molar-refractivity contribution in [2.24, 2.45) is 5.92 Å². The van der Waals surface area contributed by atoms with Gasteiger partial charge < -0.3 is 5.32 Å². The van der Waals surface area contributed by atoms with Crippen molar-refractivity contribution < 1.29 is 13.2 Å². The fourth-order valence-electron chi connectivity index (χ4n) is 3.92. The van der Waals surface area contributed by atoms with Gasteiger partial charge in [-0.2, -0.15) is 13.2 Å². The first-order valence-electron chi connectivity index (χ1n) is 8.61. The molecule has 0 aliphatic carbocycles. The van der Waals surface area contributed by atoms with Gasteiger partial charge in [-0.05, 0) is 62.4 Å². The van der Waals surface area contributed by atoms with E-state index in [0.29, 0.717) is 18.9 Å². The van der Waals surface area contributed by atoms with Gasteiger partial charge in [-0.3, -0.25) is 4.90 Å². The molecule has 0 radical (unpaired) electrons. The highest BCUT2D eigenvalue weighted by Gasteiger charge is 2.41. The van der Waals surface area contributed by atoms with Gasteiger partial charge in [-0.1, -0.05) is 24.3 Å². The van der Waals surface area contributed by atoms with Crippen molar-refractivity contribution in [3.8, 4) is 0 Å². The van der Waals surface area contributed by atoms with Crippen LogP contribution in [-0.4, -0.2) is 37.3 Å². The van der Waals surface area contributed by atoms with E-state index in [-0.39, 0.29) is 37.8 Å². The molecule has 1 aromatic carbocycles. The van der Waals surface area contributed by atoms with Crippen molar-refractivity contribution >= 4 is 24.8 Å². The molecule has 0 bridgehead atoms. The van der Waals surface area contributed by atoms with Crippen LogP contribution in [-0.2, 0) is 6.54 Å². The lowest BCUT2D eigenvalue weighted by molar-refractivity contribution is -0.187. The van der Waals surface area contributed by atoms with Gasteiger partial charge >= 0.3 is 6.18 Å². The molecule has 1 atom stereocenters. The molecule has 2 aliphatic heterocycles. The highest BCUT2D eigenvalue weighted by Crippen LogP contribution is 2.34. The molecule has 1 aromatic rings. The molecule has 25 heavy (non-hydrogen) atoms. The molecule has 0 spiro atoms. The minimum absolute atomic E-state index is 0. The zero-order valence-corrected chi connectivity index (χ0v) is 15.9. The number of hydrogen-bond acceptors (Lipinski definition) is 2. The monoisotopic (exact) mass is 398 g/mol. The van der Waals surface area contributed by atoms with E-state index in [1.165, 1.54) is 11.1 Å². The maximum atomic E-state index is 13.0. The molecule has 144 valence electrons. The highest BCUT2D eigenvalue weighted by molar-refractivity contribution is 5.85. The Morgan fingerprint density at radius 3 is 2.40 bits per heavy atom. The average molecular weight is 399 g/mol. The zero-order chi connectivity index (χ0) is 16.3. The van der Waals surface area contributed by atoms with E-state index < -0.39 is 12.1 Å². The summed E-state index contributed by atoms with van der Waals surface area (Å²) < 4.78 is 39.0. The van der Waals surface area contributed by atoms with Crippen LogP contribution in [0.3, 0.4) is 0 Å². The Labute approximate surface area is 160 Å². The quantitative estimate of drug-likeness (QED) is 0.788. The van der Waals surface area contributed by atoms with Gasteiger partial charge in [0.05, 0.1) is 5.92 Å². The topological polar surface area (TPSA) is 15.3 Å². The third-order valence-corrected chi connectivity index (χ3v) is 5.20. The second-order valence-corrected chi connectivity index (χ2v) is 6.84. The summed E-state index contributed by atoms with van der Waals surface area (Å²) in [6.45, 7) is 3.61. The van der Waals surface area contributed by atoms with Crippen LogP contribution >= 0.6 is 24.8 Å². The van der Waals surface area contributed by atoms with E-state index in [9.17, 15) is 13.2 Å². The molecule has 3 rings (SSSR count). The standard InChI is InChI=1S/C18H25F3N2.2ClH/c19-18(20,21)16-5-3-11-23(13-16)12-15-4-1-2-6-17(15)14-7-9-22-10-8-14;;/h1-2,4,6,14,16,22H,3,5,7-13H2;2*1H. The van der Waals surface area contributed by atoms with E-state index in [2.05, 4.69) is 23.5 Å². The van der Waals surface area contributed by atoms with E-state index >= 15 is 0 Å². The summed E-state index contributed by atoms with van der Waals surface area (Å²) in [6, 6.07) is 8.31. The van der Waals surface area contributed by atoms with Crippen molar-refractivity contribution in [3.63, 3.8) is 0 Å². The summed E-state index contributed by atoms with van der Waals surface area (Å²) in [4.78, 5) is 1.99. The van der Waals surface area contributed by atoms with Gasteiger partial charge in [0.1, 0.15) is 0 Å². The molecular weight excluding hydrogens is 372 g/mol. The van der Waals surface area contributed by atoms with Gasteiger partial charge in [0.15, 0.2) is 0 Å². The minimum Gasteiger partial charge on any atom is -0.317 e. The summed E-state index contributed by atoms with van der Waals surface area (Å²) in [7, 11) is 0. The fraction of sp³-hybridized carbons (Fsp3) is 0.667. The third kappa shape index (κ3) is 6.02. The first kappa shape index (κ1) is 22.6. The zero-order valence-electron chi connectivity index (χ0n) is 14.2. The van der Waals surface area contributed by atoms with Crippen molar-refractivity contribution in [2.45, 2.75) is 44.3 Å². The number of halogens is 5. The Hall–Kier alpha value is -0.490.